The first-order valence-electron chi connectivity index (χ1n) is 8.17. The molecule has 2 aromatic heterocycles. The predicted molar refractivity (Wildman–Crippen MR) is 98.3 cm³/mol. The third-order valence-electron chi connectivity index (χ3n) is 4.20. The summed E-state index contributed by atoms with van der Waals surface area (Å²) in [5.41, 5.74) is 3.46. The van der Waals surface area contributed by atoms with Gasteiger partial charge in [-0.2, -0.15) is 0 Å². The van der Waals surface area contributed by atoms with E-state index in [4.69, 9.17) is 0 Å². The number of rotatable bonds is 5. The number of unbranched alkanes of at least 4 members (excludes halogenated alkanes) is 2. The summed E-state index contributed by atoms with van der Waals surface area (Å²) in [6, 6.07) is 8.37. The van der Waals surface area contributed by atoms with E-state index < -0.39 is 0 Å². The lowest BCUT2D eigenvalue weighted by atomic mass is 10.0. The van der Waals surface area contributed by atoms with Crippen LogP contribution >= 0.6 is 11.3 Å². The van der Waals surface area contributed by atoms with Crippen molar-refractivity contribution in [3.05, 3.63) is 51.4 Å². The molecule has 0 spiro atoms. The highest BCUT2D eigenvalue weighted by molar-refractivity contribution is 7.19. The van der Waals surface area contributed by atoms with Gasteiger partial charge in [0.15, 0.2) is 0 Å². The summed E-state index contributed by atoms with van der Waals surface area (Å²) in [5.74, 6) is 0. The normalized spacial score (nSPS) is 11.3. The maximum Gasteiger partial charge on any atom is 0.262 e. The molecule has 3 rings (SSSR count). The molecule has 4 heteroatoms. The zero-order valence-corrected chi connectivity index (χ0v) is 14.7. The summed E-state index contributed by atoms with van der Waals surface area (Å²) >= 11 is 1.60. The molecule has 3 nitrogen and oxygen atoms in total. The maximum absolute atomic E-state index is 12.9. The fraction of sp³-hybridized carbons (Fsp3) is 0.368. The average Bonchev–Trinajstić information content (AvgIpc) is 2.88. The summed E-state index contributed by atoms with van der Waals surface area (Å²) in [6.07, 6.45) is 5.01. The number of hydrogen-bond donors (Lipinski definition) is 0. The molecule has 0 aliphatic rings. The second-order valence-electron chi connectivity index (χ2n) is 6.03. The highest BCUT2D eigenvalue weighted by atomic mass is 32.1. The quantitative estimate of drug-likeness (QED) is 0.623. The molecule has 0 unspecified atom stereocenters. The maximum atomic E-state index is 12.9. The zero-order chi connectivity index (χ0) is 16.4. The van der Waals surface area contributed by atoms with Gasteiger partial charge >= 0.3 is 0 Å². The Kier molecular flexibility index (Phi) is 4.62. The van der Waals surface area contributed by atoms with Gasteiger partial charge in [-0.25, -0.2) is 4.98 Å². The topological polar surface area (TPSA) is 34.9 Å². The summed E-state index contributed by atoms with van der Waals surface area (Å²) in [7, 11) is 0. The van der Waals surface area contributed by atoms with Crippen LogP contribution in [0.4, 0.5) is 0 Å². The molecule has 0 saturated carbocycles. The fourth-order valence-corrected chi connectivity index (χ4v) is 3.90. The Morgan fingerprint density at radius 3 is 2.57 bits per heavy atom. The van der Waals surface area contributed by atoms with Gasteiger partial charge in [0, 0.05) is 17.0 Å². The van der Waals surface area contributed by atoms with Crippen molar-refractivity contribution in [3.63, 3.8) is 0 Å². The molecule has 0 amide bonds. The molecule has 0 aliphatic heterocycles. The third kappa shape index (κ3) is 3.08. The Morgan fingerprint density at radius 2 is 1.87 bits per heavy atom. The second-order valence-corrected chi connectivity index (χ2v) is 7.23. The van der Waals surface area contributed by atoms with Crippen molar-refractivity contribution in [1.82, 2.24) is 9.55 Å². The van der Waals surface area contributed by atoms with Crippen LogP contribution in [-0.2, 0) is 6.54 Å². The van der Waals surface area contributed by atoms with Crippen molar-refractivity contribution in [2.24, 2.45) is 0 Å². The second kappa shape index (κ2) is 6.67. The lowest BCUT2D eigenvalue weighted by Crippen LogP contribution is -2.20. The van der Waals surface area contributed by atoms with Crippen LogP contribution < -0.4 is 5.56 Å². The number of nitrogens with zero attached hydrogens (tertiary/aromatic N) is 2. The Balaban J connectivity index is 2.14. The third-order valence-corrected chi connectivity index (χ3v) is 5.21. The Bertz CT molecular complexity index is 875. The smallest absolute Gasteiger partial charge is 0.262 e. The first-order chi connectivity index (χ1) is 11.1. The van der Waals surface area contributed by atoms with E-state index >= 15 is 0 Å². The number of aromatic nitrogens is 2. The van der Waals surface area contributed by atoms with Gasteiger partial charge in [0.1, 0.15) is 4.83 Å². The van der Waals surface area contributed by atoms with Gasteiger partial charge in [0.05, 0.1) is 11.7 Å². The van der Waals surface area contributed by atoms with E-state index in [0.717, 1.165) is 52.0 Å². The van der Waals surface area contributed by atoms with Gasteiger partial charge in [-0.3, -0.25) is 9.36 Å². The largest absolute Gasteiger partial charge is 0.299 e. The minimum absolute atomic E-state index is 0.0889. The number of fused-ring (bicyclic) bond motifs is 1. The first kappa shape index (κ1) is 15.9. The molecule has 0 fully saturated rings. The fourth-order valence-electron chi connectivity index (χ4n) is 2.90. The van der Waals surface area contributed by atoms with Crippen LogP contribution in [0.1, 0.15) is 36.6 Å². The van der Waals surface area contributed by atoms with Gasteiger partial charge < -0.3 is 0 Å². The summed E-state index contributed by atoms with van der Waals surface area (Å²) < 4.78 is 1.77. The van der Waals surface area contributed by atoms with E-state index in [1.807, 2.05) is 0 Å². The Morgan fingerprint density at radius 1 is 1.13 bits per heavy atom. The summed E-state index contributed by atoms with van der Waals surface area (Å²) in [4.78, 5) is 19.4. The van der Waals surface area contributed by atoms with Crippen molar-refractivity contribution in [2.45, 2.75) is 46.6 Å². The van der Waals surface area contributed by atoms with E-state index in [2.05, 4.69) is 50.0 Å². The number of aryl methyl sites for hydroxylation is 3. The van der Waals surface area contributed by atoms with Gasteiger partial charge in [0.2, 0.25) is 0 Å². The summed E-state index contributed by atoms with van der Waals surface area (Å²) in [6.45, 7) is 7.06. The van der Waals surface area contributed by atoms with Crippen molar-refractivity contribution in [1.29, 1.82) is 0 Å². The molecule has 23 heavy (non-hydrogen) atoms. The SMILES string of the molecule is CCCCCn1cnc2sc(C)c(-c3ccc(C)cc3)c2c1=O. The minimum atomic E-state index is 0.0889. The highest BCUT2D eigenvalue weighted by Crippen LogP contribution is 2.35. The number of benzene rings is 1. The predicted octanol–water partition coefficient (Wildman–Crippen LogP) is 4.93. The Hall–Kier alpha value is -1.94. The van der Waals surface area contributed by atoms with E-state index in [9.17, 15) is 4.79 Å². The zero-order valence-electron chi connectivity index (χ0n) is 13.9. The molecule has 0 saturated heterocycles. The van der Waals surface area contributed by atoms with Crippen LogP contribution in [0.25, 0.3) is 21.3 Å². The first-order valence-corrected chi connectivity index (χ1v) is 8.99. The lowest BCUT2D eigenvalue weighted by Gasteiger charge is -2.06. The van der Waals surface area contributed by atoms with Crippen molar-refractivity contribution < 1.29 is 0 Å². The average molecular weight is 326 g/mol. The molecule has 3 aromatic rings. The molecule has 120 valence electrons. The van der Waals surface area contributed by atoms with E-state index in [-0.39, 0.29) is 5.56 Å². The minimum Gasteiger partial charge on any atom is -0.299 e. The van der Waals surface area contributed by atoms with E-state index in [1.165, 1.54) is 5.56 Å². The molecule has 2 heterocycles. The number of hydrogen-bond acceptors (Lipinski definition) is 3. The van der Waals surface area contributed by atoms with E-state index in [1.54, 1.807) is 22.2 Å². The van der Waals surface area contributed by atoms with Crippen LogP contribution in [-0.4, -0.2) is 9.55 Å². The van der Waals surface area contributed by atoms with Crippen LogP contribution in [0.2, 0.25) is 0 Å². The lowest BCUT2D eigenvalue weighted by molar-refractivity contribution is 0.584. The number of thiophene rings is 1. The molecular weight excluding hydrogens is 304 g/mol. The standard InChI is InChI=1S/C19H22N2OS/c1-4-5-6-11-21-12-20-18-17(19(21)22)16(14(3)23-18)15-9-7-13(2)8-10-15/h7-10,12H,4-6,11H2,1-3H3. The van der Waals surface area contributed by atoms with Gasteiger partial charge in [0.25, 0.3) is 5.56 Å². The molecule has 1 aromatic carbocycles. The molecule has 0 N–H and O–H groups in total. The van der Waals surface area contributed by atoms with Crippen molar-refractivity contribution in [2.75, 3.05) is 0 Å². The van der Waals surface area contributed by atoms with Crippen molar-refractivity contribution in [3.8, 4) is 11.1 Å². The van der Waals surface area contributed by atoms with Crippen LogP contribution in [0, 0.1) is 13.8 Å². The van der Waals surface area contributed by atoms with Crippen LogP contribution in [0.15, 0.2) is 35.4 Å². The van der Waals surface area contributed by atoms with Crippen LogP contribution in [0.5, 0.6) is 0 Å². The van der Waals surface area contributed by atoms with Crippen molar-refractivity contribution >= 4 is 21.6 Å². The summed E-state index contributed by atoms with van der Waals surface area (Å²) in [5, 5.41) is 0.773. The van der Waals surface area contributed by atoms with Crippen LogP contribution in [0.3, 0.4) is 0 Å². The highest BCUT2D eigenvalue weighted by Gasteiger charge is 2.16. The molecule has 0 radical (unpaired) electrons. The van der Waals surface area contributed by atoms with Gasteiger partial charge in [-0.1, -0.05) is 49.6 Å². The molecule has 0 bridgehead atoms. The van der Waals surface area contributed by atoms with Gasteiger partial charge in [-0.05, 0) is 25.8 Å². The monoisotopic (exact) mass is 326 g/mol. The molecule has 0 atom stereocenters. The van der Waals surface area contributed by atoms with E-state index in [0.29, 0.717) is 0 Å². The molecule has 0 aliphatic carbocycles. The Labute approximate surface area is 140 Å². The molecular formula is C19H22N2OS. The van der Waals surface area contributed by atoms with Gasteiger partial charge in [-0.15, -0.1) is 11.3 Å².